The van der Waals surface area contributed by atoms with Crippen LogP contribution in [0.5, 0.6) is 0 Å². The van der Waals surface area contributed by atoms with Gasteiger partial charge in [-0.2, -0.15) is 0 Å². The van der Waals surface area contributed by atoms with Gasteiger partial charge in [0.05, 0.1) is 18.0 Å². The van der Waals surface area contributed by atoms with Crippen LogP contribution >= 0.6 is 0 Å². The predicted octanol–water partition coefficient (Wildman–Crippen LogP) is 1.08. The Balaban J connectivity index is 2.37. The van der Waals surface area contributed by atoms with Gasteiger partial charge < -0.3 is 14.9 Å². The number of aromatic nitrogens is 1. The van der Waals surface area contributed by atoms with Gasteiger partial charge >= 0.3 is 5.97 Å². The average Bonchev–Trinajstić information content (AvgIpc) is 2.76. The zero-order valence-electron chi connectivity index (χ0n) is 10.5. The van der Waals surface area contributed by atoms with E-state index >= 15 is 0 Å². The number of amides is 1. The first kappa shape index (κ1) is 14.2. The average molecular weight is 254 g/mol. The molecule has 18 heavy (non-hydrogen) atoms. The van der Waals surface area contributed by atoms with Crippen molar-refractivity contribution < 1.29 is 19.2 Å². The molecule has 1 unspecified atom stereocenters. The van der Waals surface area contributed by atoms with Crippen molar-refractivity contribution in [3.8, 4) is 0 Å². The van der Waals surface area contributed by atoms with Gasteiger partial charge in [-0.3, -0.25) is 9.59 Å². The maximum absolute atomic E-state index is 11.5. The van der Waals surface area contributed by atoms with Crippen LogP contribution in [0.25, 0.3) is 0 Å². The summed E-state index contributed by atoms with van der Waals surface area (Å²) in [7, 11) is 0. The topological polar surface area (TPSA) is 92.4 Å². The van der Waals surface area contributed by atoms with Crippen LogP contribution in [0.15, 0.2) is 16.9 Å². The molecule has 0 aliphatic carbocycles. The Morgan fingerprint density at radius 2 is 2.22 bits per heavy atom. The van der Waals surface area contributed by atoms with Crippen LogP contribution < -0.4 is 5.32 Å². The zero-order chi connectivity index (χ0) is 13.5. The Bertz CT molecular complexity index is 387. The monoisotopic (exact) mass is 254 g/mol. The number of hydrogen-bond donors (Lipinski definition) is 2. The third-order valence-corrected chi connectivity index (χ3v) is 2.48. The van der Waals surface area contributed by atoms with Crippen molar-refractivity contribution in [2.24, 2.45) is 11.8 Å². The van der Waals surface area contributed by atoms with Crippen molar-refractivity contribution in [3.63, 3.8) is 0 Å². The Morgan fingerprint density at radius 1 is 1.50 bits per heavy atom. The van der Waals surface area contributed by atoms with Gasteiger partial charge in [0.2, 0.25) is 5.91 Å². The van der Waals surface area contributed by atoms with Crippen molar-refractivity contribution in [3.05, 3.63) is 18.0 Å². The first-order valence-corrected chi connectivity index (χ1v) is 5.87. The molecule has 2 N–H and O–H groups in total. The van der Waals surface area contributed by atoms with Gasteiger partial charge in [0.1, 0.15) is 6.26 Å². The number of nitrogens with zero attached hydrogens (tertiary/aromatic N) is 1. The second-order valence-corrected chi connectivity index (χ2v) is 4.64. The molecular weight excluding hydrogens is 236 g/mol. The van der Waals surface area contributed by atoms with E-state index in [-0.39, 0.29) is 24.8 Å². The molecule has 0 aliphatic rings. The van der Waals surface area contributed by atoms with Crippen molar-refractivity contribution in [2.45, 2.75) is 26.7 Å². The Morgan fingerprint density at radius 3 is 2.72 bits per heavy atom. The highest BCUT2D eigenvalue weighted by molar-refractivity contribution is 5.79. The Kier molecular flexibility index (Phi) is 5.35. The standard InChI is InChI=1S/C12H18N2O4/c1-8(2)5-9(12(16)17)7-13-11(15)6-10-3-4-18-14-10/h3-4,8-9H,5-7H2,1-2H3,(H,13,15)(H,16,17). The molecule has 6 nitrogen and oxygen atoms in total. The summed E-state index contributed by atoms with van der Waals surface area (Å²) in [5.74, 6) is -1.41. The van der Waals surface area contributed by atoms with Gasteiger partial charge in [0, 0.05) is 12.6 Å². The minimum atomic E-state index is -0.884. The highest BCUT2D eigenvalue weighted by Gasteiger charge is 2.19. The molecule has 1 heterocycles. The number of carboxylic acid groups (broad SMARTS) is 1. The first-order chi connectivity index (χ1) is 8.49. The molecule has 1 aromatic heterocycles. The molecule has 6 heteroatoms. The summed E-state index contributed by atoms with van der Waals surface area (Å²) in [4.78, 5) is 22.5. The second kappa shape index (κ2) is 6.78. The summed E-state index contributed by atoms with van der Waals surface area (Å²) >= 11 is 0. The van der Waals surface area contributed by atoms with E-state index in [1.807, 2.05) is 13.8 Å². The molecule has 0 saturated carbocycles. The van der Waals surface area contributed by atoms with Crippen LogP contribution in [0.1, 0.15) is 26.0 Å². The van der Waals surface area contributed by atoms with Gasteiger partial charge in [-0.1, -0.05) is 19.0 Å². The van der Waals surface area contributed by atoms with E-state index in [9.17, 15) is 9.59 Å². The molecule has 1 amide bonds. The van der Waals surface area contributed by atoms with E-state index < -0.39 is 11.9 Å². The molecule has 0 bridgehead atoms. The molecule has 0 radical (unpaired) electrons. The lowest BCUT2D eigenvalue weighted by Gasteiger charge is -2.15. The number of hydrogen-bond acceptors (Lipinski definition) is 4. The van der Waals surface area contributed by atoms with Crippen LogP contribution in [0.3, 0.4) is 0 Å². The van der Waals surface area contributed by atoms with Crippen LogP contribution in [-0.4, -0.2) is 28.7 Å². The van der Waals surface area contributed by atoms with Crippen LogP contribution in [-0.2, 0) is 16.0 Å². The quantitative estimate of drug-likeness (QED) is 0.759. The maximum Gasteiger partial charge on any atom is 0.308 e. The fourth-order valence-electron chi connectivity index (χ4n) is 1.63. The molecule has 0 aromatic carbocycles. The molecule has 1 rings (SSSR count). The van der Waals surface area contributed by atoms with Gasteiger partial charge in [0.25, 0.3) is 0 Å². The number of aliphatic carboxylic acids is 1. The molecule has 1 aromatic rings. The lowest BCUT2D eigenvalue weighted by atomic mass is 9.97. The highest BCUT2D eigenvalue weighted by Crippen LogP contribution is 2.11. The number of nitrogens with one attached hydrogen (secondary N) is 1. The van der Waals surface area contributed by atoms with E-state index in [2.05, 4.69) is 15.0 Å². The summed E-state index contributed by atoms with van der Waals surface area (Å²) in [6.45, 7) is 4.05. The van der Waals surface area contributed by atoms with Gasteiger partial charge in [-0.15, -0.1) is 0 Å². The fourth-order valence-corrected chi connectivity index (χ4v) is 1.63. The van der Waals surface area contributed by atoms with Gasteiger partial charge in [0.15, 0.2) is 0 Å². The lowest BCUT2D eigenvalue weighted by molar-refractivity contribution is -0.142. The molecule has 0 fully saturated rings. The molecule has 0 saturated heterocycles. The maximum atomic E-state index is 11.5. The van der Waals surface area contributed by atoms with Crippen molar-refractivity contribution in [1.82, 2.24) is 10.5 Å². The normalized spacial score (nSPS) is 12.4. The predicted molar refractivity (Wildman–Crippen MR) is 63.8 cm³/mol. The molecule has 100 valence electrons. The number of rotatable bonds is 7. The van der Waals surface area contributed by atoms with Crippen LogP contribution in [0.2, 0.25) is 0 Å². The summed E-state index contributed by atoms with van der Waals surface area (Å²) in [6, 6.07) is 1.60. The van der Waals surface area contributed by atoms with E-state index in [4.69, 9.17) is 5.11 Å². The largest absolute Gasteiger partial charge is 0.481 e. The smallest absolute Gasteiger partial charge is 0.308 e. The minimum Gasteiger partial charge on any atom is -0.481 e. The number of carboxylic acids is 1. The Hall–Kier alpha value is -1.85. The highest BCUT2D eigenvalue weighted by atomic mass is 16.5. The van der Waals surface area contributed by atoms with E-state index in [1.165, 1.54) is 6.26 Å². The van der Waals surface area contributed by atoms with Crippen LogP contribution in [0, 0.1) is 11.8 Å². The van der Waals surface area contributed by atoms with Crippen molar-refractivity contribution in [1.29, 1.82) is 0 Å². The van der Waals surface area contributed by atoms with Crippen molar-refractivity contribution >= 4 is 11.9 Å². The molecule has 1 atom stereocenters. The number of carbonyl (C=O) groups is 2. The molecule has 0 aliphatic heterocycles. The minimum absolute atomic E-state index is 0.102. The van der Waals surface area contributed by atoms with E-state index in [0.29, 0.717) is 12.1 Å². The van der Waals surface area contributed by atoms with E-state index in [1.54, 1.807) is 6.07 Å². The second-order valence-electron chi connectivity index (χ2n) is 4.64. The molecule has 0 spiro atoms. The fraction of sp³-hybridized carbons (Fsp3) is 0.583. The van der Waals surface area contributed by atoms with Crippen LogP contribution in [0.4, 0.5) is 0 Å². The lowest BCUT2D eigenvalue weighted by Crippen LogP contribution is -2.34. The first-order valence-electron chi connectivity index (χ1n) is 5.87. The third-order valence-electron chi connectivity index (χ3n) is 2.48. The Labute approximate surface area is 105 Å². The summed E-state index contributed by atoms with van der Waals surface area (Å²) in [5.41, 5.74) is 0.531. The third kappa shape index (κ3) is 4.99. The SMILES string of the molecule is CC(C)CC(CNC(=O)Cc1ccon1)C(=O)O. The van der Waals surface area contributed by atoms with Gasteiger partial charge in [-0.25, -0.2) is 0 Å². The molecular formula is C12H18N2O4. The summed E-state index contributed by atoms with van der Waals surface area (Å²) in [6.07, 6.45) is 2.03. The van der Waals surface area contributed by atoms with E-state index in [0.717, 1.165) is 0 Å². The number of carbonyl (C=O) groups excluding carboxylic acids is 1. The summed E-state index contributed by atoms with van der Waals surface area (Å²) in [5, 5.41) is 15.2. The summed E-state index contributed by atoms with van der Waals surface area (Å²) < 4.78 is 4.61. The zero-order valence-corrected chi connectivity index (χ0v) is 10.5. The van der Waals surface area contributed by atoms with Crippen molar-refractivity contribution in [2.75, 3.05) is 6.54 Å². The van der Waals surface area contributed by atoms with Gasteiger partial charge in [-0.05, 0) is 12.3 Å².